The lowest BCUT2D eigenvalue weighted by Gasteiger charge is -2.33. The second-order valence-corrected chi connectivity index (χ2v) is 4.19. The van der Waals surface area contributed by atoms with Gasteiger partial charge in [-0.15, -0.1) is 10.2 Å². The molecule has 1 saturated heterocycles. The van der Waals surface area contributed by atoms with Crippen LogP contribution in [0.1, 0.15) is 19.8 Å². The fraction of sp³-hybridized carbons (Fsp3) is 0.778. The normalized spacial score (nSPS) is 21.6. The summed E-state index contributed by atoms with van der Waals surface area (Å²) in [6, 6.07) is 0. The van der Waals surface area contributed by atoms with Gasteiger partial charge in [0.05, 0.1) is 0 Å². The highest BCUT2D eigenvalue weighted by molar-refractivity contribution is 4.81. The molecule has 2 rings (SSSR count). The number of nitrogens with zero attached hydrogens (tertiary/aromatic N) is 3. The maximum Gasteiger partial charge on any atom is 0.119 e. The van der Waals surface area contributed by atoms with Crippen LogP contribution >= 0.6 is 0 Å². The average Bonchev–Trinajstić information content (AvgIpc) is 2.57. The van der Waals surface area contributed by atoms with Crippen molar-refractivity contribution < 1.29 is 0 Å². The molecule has 1 N–H and O–H groups in total. The van der Waals surface area contributed by atoms with E-state index in [1.165, 1.54) is 12.8 Å². The molecule has 0 atom stereocenters. The van der Waals surface area contributed by atoms with Gasteiger partial charge in [0.25, 0.3) is 0 Å². The highest BCUT2D eigenvalue weighted by Crippen LogP contribution is 2.29. The Morgan fingerprint density at radius 2 is 1.92 bits per heavy atom. The minimum absolute atomic E-state index is 0.424. The third-order valence-corrected chi connectivity index (χ3v) is 2.84. The molecule has 0 amide bonds. The van der Waals surface area contributed by atoms with Gasteiger partial charge in [-0.2, -0.15) is 0 Å². The molecule has 0 aliphatic carbocycles. The second-order valence-electron chi connectivity index (χ2n) is 4.19. The number of rotatable bonds is 2. The maximum absolute atomic E-state index is 3.82. The van der Waals surface area contributed by atoms with Gasteiger partial charge in [-0.3, -0.25) is 0 Å². The first-order valence-electron chi connectivity index (χ1n) is 4.82. The molecule has 1 aliphatic heterocycles. The topological polar surface area (TPSA) is 42.7 Å². The van der Waals surface area contributed by atoms with Crippen molar-refractivity contribution in [3.63, 3.8) is 0 Å². The van der Waals surface area contributed by atoms with Crippen LogP contribution in [0.5, 0.6) is 0 Å². The smallest absolute Gasteiger partial charge is 0.119 e. The summed E-state index contributed by atoms with van der Waals surface area (Å²) in [6.45, 7) is 5.66. The van der Waals surface area contributed by atoms with E-state index in [4.69, 9.17) is 0 Å². The van der Waals surface area contributed by atoms with E-state index in [9.17, 15) is 0 Å². The van der Waals surface area contributed by atoms with Gasteiger partial charge in [0, 0.05) is 6.54 Å². The summed E-state index contributed by atoms with van der Waals surface area (Å²) in [5, 5.41) is 11.0. The van der Waals surface area contributed by atoms with E-state index in [0.717, 1.165) is 19.6 Å². The Kier molecular flexibility index (Phi) is 2.31. The summed E-state index contributed by atoms with van der Waals surface area (Å²) in [4.78, 5) is 0. The van der Waals surface area contributed by atoms with Crippen LogP contribution in [0, 0.1) is 5.41 Å². The molecule has 4 nitrogen and oxygen atoms in total. The van der Waals surface area contributed by atoms with E-state index in [0.29, 0.717) is 5.41 Å². The molecule has 0 spiro atoms. The predicted molar refractivity (Wildman–Crippen MR) is 50.2 cm³/mol. The van der Waals surface area contributed by atoms with Crippen LogP contribution in [-0.4, -0.2) is 27.9 Å². The lowest BCUT2D eigenvalue weighted by Crippen LogP contribution is -2.37. The lowest BCUT2D eigenvalue weighted by molar-refractivity contribution is 0.194. The molecular weight excluding hydrogens is 164 g/mol. The average molecular weight is 180 g/mol. The van der Waals surface area contributed by atoms with E-state index in [-0.39, 0.29) is 0 Å². The van der Waals surface area contributed by atoms with Gasteiger partial charge in [0.1, 0.15) is 12.7 Å². The summed E-state index contributed by atoms with van der Waals surface area (Å²) in [5.74, 6) is 0. The molecule has 0 bridgehead atoms. The molecule has 0 saturated carbocycles. The summed E-state index contributed by atoms with van der Waals surface area (Å²) >= 11 is 0. The van der Waals surface area contributed by atoms with Crippen LogP contribution in [-0.2, 0) is 6.54 Å². The molecular formula is C9H16N4. The van der Waals surface area contributed by atoms with Crippen molar-refractivity contribution in [2.75, 3.05) is 13.1 Å². The Bertz CT molecular complexity index is 249. The monoisotopic (exact) mass is 180 g/mol. The largest absolute Gasteiger partial charge is 0.320 e. The fourth-order valence-corrected chi connectivity index (χ4v) is 1.93. The number of hydrogen-bond acceptors (Lipinski definition) is 3. The Hall–Kier alpha value is -0.900. The van der Waals surface area contributed by atoms with E-state index in [1.807, 2.05) is 0 Å². The van der Waals surface area contributed by atoms with Crippen molar-refractivity contribution in [2.24, 2.45) is 5.41 Å². The fourth-order valence-electron chi connectivity index (χ4n) is 1.93. The van der Waals surface area contributed by atoms with Crippen molar-refractivity contribution in [1.82, 2.24) is 20.1 Å². The Balaban J connectivity index is 1.99. The molecule has 1 aromatic rings. The molecule has 72 valence electrons. The van der Waals surface area contributed by atoms with Gasteiger partial charge in [-0.25, -0.2) is 0 Å². The summed E-state index contributed by atoms with van der Waals surface area (Å²) in [5.41, 5.74) is 0.424. The highest BCUT2D eigenvalue weighted by Gasteiger charge is 2.26. The molecule has 1 aromatic heterocycles. The van der Waals surface area contributed by atoms with Crippen molar-refractivity contribution in [3.8, 4) is 0 Å². The van der Waals surface area contributed by atoms with Gasteiger partial charge in [0.2, 0.25) is 0 Å². The van der Waals surface area contributed by atoms with E-state index >= 15 is 0 Å². The standard InChI is InChI=1S/C9H16N4/c1-9(2-4-10-5-3-9)6-13-7-11-12-8-13/h7-8,10H,2-6H2,1H3. The van der Waals surface area contributed by atoms with Gasteiger partial charge >= 0.3 is 0 Å². The van der Waals surface area contributed by atoms with E-state index in [2.05, 4.69) is 27.0 Å². The first kappa shape index (κ1) is 8.69. The van der Waals surface area contributed by atoms with Gasteiger partial charge in [-0.05, 0) is 31.3 Å². The molecule has 0 unspecified atom stereocenters. The molecule has 4 heteroatoms. The maximum atomic E-state index is 3.82. The SMILES string of the molecule is CC1(Cn2cnnc2)CCNCC1. The molecule has 13 heavy (non-hydrogen) atoms. The zero-order valence-electron chi connectivity index (χ0n) is 8.03. The van der Waals surface area contributed by atoms with Crippen molar-refractivity contribution in [1.29, 1.82) is 0 Å². The van der Waals surface area contributed by atoms with Crippen LogP contribution in [0.2, 0.25) is 0 Å². The summed E-state index contributed by atoms with van der Waals surface area (Å²) in [7, 11) is 0. The zero-order valence-corrected chi connectivity index (χ0v) is 8.03. The number of hydrogen-bond donors (Lipinski definition) is 1. The third kappa shape index (κ3) is 2.06. The van der Waals surface area contributed by atoms with Crippen LogP contribution in [0.4, 0.5) is 0 Å². The first-order chi connectivity index (χ1) is 6.29. The molecule has 2 heterocycles. The Morgan fingerprint density at radius 3 is 2.54 bits per heavy atom. The molecule has 1 fully saturated rings. The number of nitrogens with one attached hydrogen (secondary N) is 1. The predicted octanol–water partition coefficient (Wildman–Crippen LogP) is 0.668. The Labute approximate surface area is 78.4 Å². The van der Waals surface area contributed by atoms with Crippen LogP contribution in [0.15, 0.2) is 12.7 Å². The summed E-state index contributed by atoms with van der Waals surface area (Å²) < 4.78 is 2.07. The van der Waals surface area contributed by atoms with Gasteiger partial charge in [0.15, 0.2) is 0 Å². The van der Waals surface area contributed by atoms with Gasteiger partial charge < -0.3 is 9.88 Å². The Morgan fingerprint density at radius 1 is 1.31 bits per heavy atom. The van der Waals surface area contributed by atoms with Crippen LogP contribution in [0.3, 0.4) is 0 Å². The van der Waals surface area contributed by atoms with Crippen molar-refractivity contribution >= 4 is 0 Å². The highest BCUT2D eigenvalue weighted by atomic mass is 15.2. The molecule has 0 radical (unpaired) electrons. The van der Waals surface area contributed by atoms with Crippen LogP contribution in [0.25, 0.3) is 0 Å². The summed E-state index contributed by atoms with van der Waals surface area (Å²) in [6.07, 6.45) is 6.08. The number of aromatic nitrogens is 3. The second kappa shape index (κ2) is 3.46. The van der Waals surface area contributed by atoms with Crippen molar-refractivity contribution in [3.05, 3.63) is 12.7 Å². The molecule has 0 aromatic carbocycles. The van der Waals surface area contributed by atoms with E-state index in [1.54, 1.807) is 12.7 Å². The zero-order chi connectivity index (χ0) is 9.15. The number of piperidine rings is 1. The van der Waals surface area contributed by atoms with E-state index < -0.39 is 0 Å². The quantitative estimate of drug-likeness (QED) is 0.727. The minimum atomic E-state index is 0.424. The third-order valence-electron chi connectivity index (χ3n) is 2.84. The van der Waals surface area contributed by atoms with Crippen LogP contribution < -0.4 is 5.32 Å². The first-order valence-corrected chi connectivity index (χ1v) is 4.82. The lowest BCUT2D eigenvalue weighted by atomic mass is 9.81. The minimum Gasteiger partial charge on any atom is -0.320 e. The van der Waals surface area contributed by atoms with Gasteiger partial charge in [-0.1, -0.05) is 6.92 Å². The van der Waals surface area contributed by atoms with Crippen molar-refractivity contribution in [2.45, 2.75) is 26.3 Å². The molecule has 1 aliphatic rings.